The second kappa shape index (κ2) is 9.91. The van der Waals surface area contributed by atoms with Gasteiger partial charge in [0.15, 0.2) is 5.17 Å². The summed E-state index contributed by atoms with van der Waals surface area (Å²) in [6.07, 6.45) is 0.677. The van der Waals surface area contributed by atoms with Crippen molar-refractivity contribution in [2.75, 3.05) is 0 Å². The quantitative estimate of drug-likeness (QED) is 0.367. The monoisotopic (exact) mass is 486 g/mol. The average Bonchev–Trinajstić information content (AvgIpc) is 3.33. The topological polar surface area (TPSA) is 153 Å². The summed E-state index contributed by atoms with van der Waals surface area (Å²) in [6, 6.07) is 8.33. The Hall–Kier alpha value is -3.93. The number of para-hydroxylation sites is 1. The predicted molar refractivity (Wildman–Crippen MR) is 126 cm³/mol. The van der Waals surface area contributed by atoms with Crippen LogP contribution >= 0.6 is 11.8 Å². The number of alkyl carbamates (subject to hydrolysis) is 1. The van der Waals surface area contributed by atoms with Crippen LogP contribution in [0.4, 0.5) is 10.5 Å². The summed E-state index contributed by atoms with van der Waals surface area (Å²) in [4.78, 5) is 51.1. The zero-order valence-electron chi connectivity index (χ0n) is 18.8. The number of hydrogen-bond acceptors (Lipinski definition) is 8. The van der Waals surface area contributed by atoms with Crippen LogP contribution in [-0.4, -0.2) is 39.6 Å². The van der Waals surface area contributed by atoms with Crippen molar-refractivity contribution in [3.05, 3.63) is 57.2 Å². The van der Waals surface area contributed by atoms with Gasteiger partial charge in [-0.05, 0) is 57.7 Å². The van der Waals surface area contributed by atoms with Crippen molar-refractivity contribution in [1.29, 1.82) is 0 Å². The first-order valence-electron chi connectivity index (χ1n) is 10.1. The van der Waals surface area contributed by atoms with Crippen LogP contribution in [-0.2, 0) is 14.3 Å². The van der Waals surface area contributed by atoms with Gasteiger partial charge in [0.1, 0.15) is 23.2 Å². The van der Waals surface area contributed by atoms with Gasteiger partial charge in [0.05, 0.1) is 15.4 Å². The fourth-order valence-electron chi connectivity index (χ4n) is 2.77. The van der Waals surface area contributed by atoms with E-state index in [2.05, 4.69) is 15.6 Å². The minimum Gasteiger partial charge on any atom is -0.456 e. The van der Waals surface area contributed by atoms with Crippen LogP contribution in [0.15, 0.2) is 50.7 Å². The van der Waals surface area contributed by atoms with Gasteiger partial charge in [0.25, 0.3) is 11.6 Å². The molecular weight excluding hydrogens is 464 g/mol. The van der Waals surface area contributed by atoms with Crippen LogP contribution in [0.5, 0.6) is 0 Å². The Morgan fingerprint density at radius 2 is 1.94 bits per heavy atom. The summed E-state index contributed by atoms with van der Waals surface area (Å²) in [5, 5.41) is 16.2. The van der Waals surface area contributed by atoms with Gasteiger partial charge in [0, 0.05) is 12.1 Å². The lowest BCUT2D eigenvalue weighted by Crippen LogP contribution is -2.47. The fourth-order valence-corrected chi connectivity index (χ4v) is 3.57. The molecule has 0 bridgehead atoms. The number of furan rings is 1. The number of nitro groups is 1. The highest BCUT2D eigenvalue weighted by Crippen LogP contribution is 2.33. The molecule has 12 heteroatoms. The number of carbonyl (C=O) groups is 3. The fraction of sp³-hybridized carbons (Fsp3) is 0.273. The van der Waals surface area contributed by atoms with Gasteiger partial charge >= 0.3 is 6.09 Å². The standard InChI is InChI=1S/C22H22N4O7S/c1-12(23-21(29)33-22(2,3)4)18(27)24-20-25-19(28)17(34-20)11-13-9-10-16(32-13)14-7-5-6-8-15(14)26(30)31/h5-12H,1-4H3,(H,23,29)(H,24,25,27,28)/b17-11-. The van der Waals surface area contributed by atoms with Crippen molar-refractivity contribution in [2.45, 2.75) is 39.3 Å². The maximum Gasteiger partial charge on any atom is 0.408 e. The lowest BCUT2D eigenvalue weighted by Gasteiger charge is -2.21. The third-order valence-corrected chi connectivity index (χ3v) is 5.14. The number of thioether (sulfide) groups is 1. The van der Waals surface area contributed by atoms with Crippen LogP contribution < -0.4 is 10.6 Å². The third kappa shape index (κ3) is 6.32. The number of amides is 3. The Morgan fingerprint density at radius 3 is 2.62 bits per heavy atom. The van der Waals surface area contributed by atoms with Gasteiger partial charge in [-0.1, -0.05) is 12.1 Å². The Labute approximate surface area is 198 Å². The number of nitrogens with one attached hydrogen (secondary N) is 2. The molecule has 0 radical (unpaired) electrons. The van der Waals surface area contributed by atoms with Crippen molar-refractivity contribution < 1.29 is 28.5 Å². The number of ether oxygens (including phenoxy) is 1. The number of benzene rings is 1. The first-order valence-corrected chi connectivity index (χ1v) is 10.9. The molecule has 2 aromatic rings. The summed E-state index contributed by atoms with van der Waals surface area (Å²) in [7, 11) is 0. The van der Waals surface area contributed by atoms with Crippen molar-refractivity contribution in [3.63, 3.8) is 0 Å². The highest BCUT2D eigenvalue weighted by atomic mass is 32.2. The normalized spacial score (nSPS) is 15.6. The molecule has 1 aromatic heterocycles. The molecule has 34 heavy (non-hydrogen) atoms. The summed E-state index contributed by atoms with van der Waals surface area (Å²) >= 11 is 0.919. The van der Waals surface area contributed by atoms with E-state index in [-0.39, 0.29) is 27.3 Å². The van der Waals surface area contributed by atoms with E-state index in [1.807, 2.05) is 0 Å². The molecule has 0 spiro atoms. The molecule has 178 valence electrons. The van der Waals surface area contributed by atoms with Crippen LogP contribution in [0.25, 0.3) is 17.4 Å². The van der Waals surface area contributed by atoms with Crippen LogP contribution in [0, 0.1) is 10.1 Å². The summed E-state index contributed by atoms with van der Waals surface area (Å²) in [6.45, 7) is 6.56. The van der Waals surface area contributed by atoms with Crippen LogP contribution in [0.3, 0.4) is 0 Å². The van der Waals surface area contributed by atoms with E-state index in [1.165, 1.54) is 19.1 Å². The maximum atomic E-state index is 12.3. The Morgan fingerprint density at radius 1 is 1.24 bits per heavy atom. The molecule has 3 amide bonds. The number of aliphatic imine (C=N–C) groups is 1. The number of hydrogen-bond donors (Lipinski definition) is 2. The lowest BCUT2D eigenvalue weighted by molar-refractivity contribution is -0.384. The molecule has 0 fully saturated rings. The van der Waals surface area contributed by atoms with E-state index in [0.29, 0.717) is 5.56 Å². The molecule has 11 nitrogen and oxygen atoms in total. The molecule has 0 aliphatic carbocycles. The minimum absolute atomic E-state index is 0.0459. The molecule has 1 aliphatic rings. The molecule has 3 rings (SSSR count). The van der Waals surface area contributed by atoms with E-state index in [1.54, 1.807) is 51.1 Å². The molecule has 2 heterocycles. The number of carbonyl (C=O) groups excluding carboxylic acids is 3. The van der Waals surface area contributed by atoms with Gasteiger partial charge in [-0.25, -0.2) is 4.79 Å². The first kappa shape index (κ1) is 24.7. The molecule has 1 atom stereocenters. The van der Waals surface area contributed by atoms with Gasteiger partial charge in [0.2, 0.25) is 5.91 Å². The van der Waals surface area contributed by atoms with E-state index in [9.17, 15) is 24.5 Å². The largest absolute Gasteiger partial charge is 0.456 e. The van der Waals surface area contributed by atoms with Crippen molar-refractivity contribution in [3.8, 4) is 11.3 Å². The van der Waals surface area contributed by atoms with Crippen molar-refractivity contribution in [1.82, 2.24) is 10.6 Å². The van der Waals surface area contributed by atoms with Crippen LogP contribution in [0.2, 0.25) is 0 Å². The van der Waals surface area contributed by atoms with Crippen LogP contribution in [0.1, 0.15) is 33.5 Å². The smallest absolute Gasteiger partial charge is 0.408 e. The zero-order valence-corrected chi connectivity index (χ0v) is 19.6. The van der Waals surface area contributed by atoms with Crippen molar-refractivity contribution in [2.24, 2.45) is 4.99 Å². The Bertz CT molecular complexity index is 1210. The molecule has 1 aliphatic heterocycles. The minimum atomic E-state index is -0.935. The van der Waals surface area contributed by atoms with Gasteiger partial charge in [-0.3, -0.25) is 19.7 Å². The predicted octanol–water partition coefficient (Wildman–Crippen LogP) is 3.85. The SMILES string of the molecule is CC(NC(=O)OC(C)(C)C)C(=O)NC1=NC(=O)/C(=C/c2ccc(-c3ccccc3[N+](=O)[O-])o2)S1. The van der Waals surface area contributed by atoms with E-state index >= 15 is 0 Å². The van der Waals surface area contributed by atoms with Gasteiger partial charge in [-0.2, -0.15) is 4.99 Å². The first-order chi connectivity index (χ1) is 15.9. The highest BCUT2D eigenvalue weighted by molar-refractivity contribution is 8.18. The maximum absolute atomic E-state index is 12.3. The van der Waals surface area contributed by atoms with Gasteiger partial charge in [-0.15, -0.1) is 0 Å². The average molecular weight is 487 g/mol. The van der Waals surface area contributed by atoms with E-state index in [0.717, 1.165) is 11.8 Å². The highest BCUT2D eigenvalue weighted by Gasteiger charge is 2.27. The zero-order chi connectivity index (χ0) is 25.0. The molecule has 0 saturated heterocycles. The van der Waals surface area contributed by atoms with E-state index in [4.69, 9.17) is 9.15 Å². The molecule has 1 aromatic carbocycles. The molecular formula is C22H22N4O7S. The van der Waals surface area contributed by atoms with Gasteiger partial charge < -0.3 is 19.8 Å². The summed E-state index contributed by atoms with van der Waals surface area (Å²) < 4.78 is 10.8. The summed E-state index contributed by atoms with van der Waals surface area (Å²) in [5.74, 6) is -0.614. The number of amidine groups is 1. The molecule has 1 unspecified atom stereocenters. The lowest BCUT2D eigenvalue weighted by atomic mass is 10.1. The van der Waals surface area contributed by atoms with E-state index < -0.39 is 34.5 Å². The Balaban J connectivity index is 1.64. The Kier molecular flexibility index (Phi) is 7.20. The number of nitrogens with zero attached hydrogens (tertiary/aromatic N) is 2. The molecule has 2 N–H and O–H groups in total. The number of rotatable bonds is 5. The number of nitro benzene ring substituents is 1. The third-order valence-electron chi connectivity index (χ3n) is 4.24. The van der Waals surface area contributed by atoms with Crippen molar-refractivity contribution >= 4 is 46.6 Å². The summed E-state index contributed by atoms with van der Waals surface area (Å²) in [5.41, 5.74) is -0.516. The second-order valence-electron chi connectivity index (χ2n) is 8.17. The second-order valence-corrected chi connectivity index (χ2v) is 9.20. The molecule has 0 saturated carbocycles.